The van der Waals surface area contributed by atoms with Gasteiger partial charge in [-0.1, -0.05) is 89.6 Å². The normalized spacial score (nSPS) is 29.2. The van der Waals surface area contributed by atoms with Crippen molar-refractivity contribution < 1.29 is 4.43 Å². The van der Waals surface area contributed by atoms with Gasteiger partial charge >= 0.3 is 0 Å². The minimum Gasteiger partial charge on any atom is -0.405 e. The summed E-state index contributed by atoms with van der Waals surface area (Å²) in [6.07, 6.45) is 6.75. The van der Waals surface area contributed by atoms with Gasteiger partial charge in [0.25, 0.3) is 8.32 Å². The molecule has 4 rings (SSSR count). The maximum absolute atomic E-state index is 7.61. The molecule has 0 N–H and O–H groups in total. The Bertz CT molecular complexity index is 857. The van der Waals surface area contributed by atoms with Crippen LogP contribution >= 0.6 is 0 Å². The van der Waals surface area contributed by atoms with Crippen LogP contribution in [-0.4, -0.2) is 14.4 Å². The second kappa shape index (κ2) is 9.00. The third kappa shape index (κ3) is 4.06. The number of rotatable bonds is 5. The first-order valence-electron chi connectivity index (χ1n) is 12.3. The van der Waals surface area contributed by atoms with Gasteiger partial charge < -0.3 is 4.43 Å². The predicted octanol–water partition coefficient (Wildman–Crippen LogP) is 6.29. The van der Waals surface area contributed by atoms with E-state index >= 15 is 0 Å². The van der Waals surface area contributed by atoms with Crippen LogP contribution in [0.15, 0.2) is 48.5 Å². The molecule has 0 saturated heterocycles. The first-order valence-corrected chi connectivity index (χ1v) is 14.4. The first-order chi connectivity index (χ1) is 14.4. The second-order valence-corrected chi connectivity index (χ2v) is 14.0. The highest BCUT2D eigenvalue weighted by Crippen LogP contribution is 2.38. The molecule has 2 heteroatoms. The summed E-state index contributed by atoms with van der Waals surface area (Å²) in [5.41, 5.74) is 3.05. The van der Waals surface area contributed by atoms with Crippen molar-refractivity contribution in [2.45, 2.75) is 84.8 Å². The van der Waals surface area contributed by atoms with E-state index in [1.807, 2.05) is 0 Å². The first kappa shape index (κ1) is 21.8. The van der Waals surface area contributed by atoms with Crippen LogP contribution < -0.4 is 10.4 Å². The van der Waals surface area contributed by atoms with Crippen molar-refractivity contribution in [2.24, 2.45) is 17.8 Å². The Hall–Kier alpha value is -1.38. The predicted molar refractivity (Wildman–Crippen MR) is 131 cm³/mol. The average Bonchev–Trinajstić information content (AvgIpc) is 2.74. The number of hydrogen-bond acceptors (Lipinski definition) is 1. The van der Waals surface area contributed by atoms with E-state index in [2.05, 4.69) is 83.1 Å². The van der Waals surface area contributed by atoms with Crippen LogP contribution in [0, 0.1) is 17.8 Å². The maximum Gasteiger partial charge on any atom is 0.256 e. The molecule has 4 atom stereocenters. The molecule has 0 amide bonds. The molecule has 2 aliphatic rings. The maximum atomic E-state index is 7.61. The minimum atomic E-state index is -2.29. The summed E-state index contributed by atoms with van der Waals surface area (Å²) in [6.45, 7) is 11.9. The molecule has 1 heterocycles. The molecule has 0 unspecified atom stereocenters. The number of benzene rings is 2. The van der Waals surface area contributed by atoms with E-state index in [4.69, 9.17) is 4.43 Å². The molecule has 0 spiro atoms. The van der Waals surface area contributed by atoms with Crippen molar-refractivity contribution in [2.75, 3.05) is 0 Å². The van der Waals surface area contributed by atoms with Crippen molar-refractivity contribution in [3.8, 4) is 0 Å². The third-order valence-electron chi connectivity index (χ3n) is 7.76. The van der Waals surface area contributed by atoms with Gasteiger partial charge in [-0.2, -0.15) is 0 Å². The van der Waals surface area contributed by atoms with Crippen molar-refractivity contribution in [1.82, 2.24) is 0 Å². The number of hydrogen-bond donors (Lipinski definition) is 0. The fourth-order valence-corrected chi connectivity index (χ4v) is 11.1. The zero-order valence-corrected chi connectivity index (χ0v) is 20.7. The zero-order valence-electron chi connectivity index (χ0n) is 19.7. The fraction of sp³-hybridized carbons (Fsp3) is 0.571. The van der Waals surface area contributed by atoms with Gasteiger partial charge in [0.05, 0.1) is 0 Å². The van der Waals surface area contributed by atoms with Crippen molar-refractivity contribution in [3.63, 3.8) is 0 Å². The summed E-state index contributed by atoms with van der Waals surface area (Å²) < 4.78 is 7.61. The molecule has 1 nitrogen and oxygen atoms in total. The highest BCUT2D eigenvalue weighted by atomic mass is 28.4. The Morgan fingerprint density at radius 1 is 0.900 bits per heavy atom. The molecule has 30 heavy (non-hydrogen) atoms. The van der Waals surface area contributed by atoms with Gasteiger partial charge in [-0.05, 0) is 76.9 Å². The quantitative estimate of drug-likeness (QED) is 0.516. The van der Waals surface area contributed by atoms with Crippen LogP contribution in [0.5, 0.6) is 0 Å². The molecule has 162 valence electrons. The molecule has 1 saturated carbocycles. The van der Waals surface area contributed by atoms with E-state index in [-0.39, 0.29) is 0 Å². The highest BCUT2D eigenvalue weighted by Gasteiger charge is 2.48. The van der Waals surface area contributed by atoms with Gasteiger partial charge in [0.15, 0.2) is 0 Å². The van der Waals surface area contributed by atoms with E-state index in [9.17, 15) is 0 Å². The lowest BCUT2D eigenvalue weighted by Crippen LogP contribution is -2.66. The van der Waals surface area contributed by atoms with E-state index in [0.29, 0.717) is 23.9 Å². The van der Waals surface area contributed by atoms with Crippen LogP contribution in [0.1, 0.15) is 77.3 Å². The smallest absolute Gasteiger partial charge is 0.256 e. The van der Waals surface area contributed by atoms with E-state index in [1.54, 1.807) is 15.9 Å². The van der Waals surface area contributed by atoms with E-state index < -0.39 is 8.32 Å². The molecule has 1 fully saturated rings. The standard InChI is InChI=1S/C28H40OSi/c1-20(2)24-17-16-22(5)19-26(24)29-30(28-15-9-7-13-25(28)21(3)4)18-10-12-23-11-6-8-14-27(23)30/h6-9,11,13-15,20-22,24,26H,10,12,16-19H2,1-5H3/t22-,24+,26-,30+/m1/s1. The monoisotopic (exact) mass is 420 g/mol. The summed E-state index contributed by atoms with van der Waals surface area (Å²) in [4.78, 5) is 0. The molecule has 2 aromatic carbocycles. The van der Waals surface area contributed by atoms with Gasteiger partial charge in [-0.3, -0.25) is 0 Å². The molecule has 1 aliphatic carbocycles. The van der Waals surface area contributed by atoms with E-state index in [0.717, 1.165) is 5.92 Å². The SMILES string of the molecule is CC(C)c1ccccc1[Si@]1(O[C@@H]2C[C@H](C)CC[C@H]2C(C)C)CCCc2ccccc21. The molecular weight excluding hydrogens is 380 g/mol. The van der Waals surface area contributed by atoms with Gasteiger partial charge in [-0.25, -0.2) is 0 Å². The Morgan fingerprint density at radius 3 is 2.33 bits per heavy atom. The summed E-state index contributed by atoms with van der Waals surface area (Å²) in [6, 6.07) is 19.7. The fourth-order valence-electron chi connectivity index (χ4n) is 6.14. The van der Waals surface area contributed by atoms with Crippen LogP contribution in [-0.2, 0) is 10.8 Å². The number of fused-ring (bicyclic) bond motifs is 1. The lowest BCUT2D eigenvalue weighted by atomic mass is 9.75. The van der Waals surface area contributed by atoms with Crippen molar-refractivity contribution >= 4 is 18.7 Å². The van der Waals surface area contributed by atoms with Gasteiger partial charge in [0, 0.05) is 6.10 Å². The summed E-state index contributed by atoms with van der Waals surface area (Å²) in [5, 5.41) is 3.11. The Labute approximate surface area is 185 Å². The molecule has 0 aromatic heterocycles. The third-order valence-corrected chi connectivity index (χ3v) is 12.2. The lowest BCUT2D eigenvalue weighted by Gasteiger charge is -2.46. The average molecular weight is 421 g/mol. The number of aryl methyl sites for hydroxylation is 1. The molecule has 0 radical (unpaired) electrons. The van der Waals surface area contributed by atoms with E-state index in [1.165, 1.54) is 43.7 Å². The Morgan fingerprint density at radius 2 is 1.60 bits per heavy atom. The highest BCUT2D eigenvalue weighted by molar-refractivity contribution is 6.98. The van der Waals surface area contributed by atoms with Crippen LogP contribution in [0.25, 0.3) is 0 Å². The second-order valence-electron chi connectivity index (χ2n) is 10.6. The molecule has 0 bridgehead atoms. The van der Waals surface area contributed by atoms with Gasteiger partial charge in [0.1, 0.15) is 0 Å². The summed E-state index contributed by atoms with van der Waals surface area (Å²) in [5.74, 6) is 2.67. The largest absolute Gasteiger partial charge is 0.405 e. The zero-order chi connectivity index (χ0) is 21.3. The van der Waals surface area contributed by atoms with Crippen LogP contribution in [0.4, 0.5) is 0 Å². The molecule has 1 aliphatic heterocycles. The van der Waals surface area contributed by atoms with Gasteiger partial charge in [0.2, 0.25) is 0 Å². The summed E-state index contributed by atoms with van der Waals surface area (Å²) >= 11 is 0. The lowest BCUT2D eigenvalue weighted by molar-refractivity contribution is 0.0416. The summed E-state index contributed by atoms with van der Waals surface area (Å²) in [7, 11) is -2.29. The Kier molecular flexibility index (Phi) is 6.55. The van der Waals surface area contributed by atoms with Gasteiger partial charge in [-0.15, -0.1) is 0 Å². The van der Waals surface area contributed by atoms with Crippen molar-refractivity contribution in [3.05, 3.63) is 59.7 Å². The molecule has 2 aromatic rings. The van der Waals surface area contributed by atoms with Crippen LogP contribution in [0.2, 0.25) is 6.04 Å². The topological polar surface area (TPSA) is 9.23 Å². The molecular formula is C28H40OSi. The van der Waals surface area contributed by atoms with Crippen molar-refractivity contribution in [1.29, 1.82) is 0 Å². The minimum absolute atomic E-state index is 0.395. The Balaban J connectivity index is 1.86. The van der Waals surface area contributed by atoms with Crippen LogP contribution in [0.3, 0.4) is 0 Å².